The van der Waals surface area contributed by atoms with E-state index in [9.17, 15) is 9.59 Å². The number of nitrogens with zero attached hydrogens (tertiary/aromatic N) is 1. The largest absolute Gasteiger partial charge is 0.480 e. The van der Waals surface area contributed by atoms with E-state index in [0.717, 1.165) is 32.3 Å². The Hall–Kier alpha value is -1.14. The Morgan fingerprint density at radius 2 is 1.90 bits per heavy atom. The monoisotopic (exact) mass is 285 g/mol. The van der Waals surface area contributed by atoms with Crippen LogP contribution in [-0.4, -0.2) is 60.4 Å². The van der Waals surface area contributed by atoms with Crippen molar-refractivity contribution in [3.05, 3.63) is 0 Å². The van der Waals surface area contributed by atoms with E-state index in [2.05, 4.69) is 0 Å². The molecule has 0 aliphatic carbocycles. The molecule has 1 atom stereocenters. The first-order chi connectivity index (χ1) is 9.66. The SMILES string of the molecule is O=C(O)CN(C(=O)CC[C@@H]1CCCO1)C1CCOCC1. The van der Waals surface area contributed by atoms with Crippen LogP contribution in [0.5, 0.6) is 0 Å². The minimum absolute atomic E-state index is 0.00292. The molecular formula is C14H23NO5. The van der Waals surface area contributed by atoms with E-state index in [-0.39, 0.29) is 24.6 Å². The number of carbonyl (C=O) groups excluding carboxylic acids is 1. The normalized spacial score (nSPS) is 23.7. The second kappa shape index (κ2) is 7.59. The Bertz CT molecular complexity index is 334. The van der Waals surface area contributed by atoms with Crippen LogP contribution in [0.1, 0.15) is 38.5 Å². The van der Waals surface area contributed by atoms with Crippen molar-refractivity contribution in [3.8, 4) is 0 Å². The lowest BCUT2D eigenvalue weighted by atomic mass is 10.0. The van der Waals surface area contributed by atoms with Gasteiger partial charge in [0.15, 0.2) is 0 Å². The van der Waals surface area contributed by atoms with Crippen molar-refractivity contribution in [1.29, 1.82) is 0 Å². The highest BCUT2D eigenvalue weighted by molar-refractivity contribution is 5.81. The fourth-order valence-corrected chi connectivity index (χ4v) is 2.86. The summed E-state index contributed by atoms with van der Waals surface area (Å²) in [5, 5.41) is 8.99. The van der Waals surface area contributed by atoms with Crippen LogP contribution in [0.4, 0.5) is 0 Å². The number of carboxylic acid groups (broad SMARTS) is 1. The van der Waals surface area contributed by atoms with Gasteiger partial charge >= 0.3 is 5.97 Å². The molecule has 0 saturated carbocycles. The molecule has 0 unspecified atom stereocenters. The first-order valence-electron chi connectivity index (χ1n) is 7.37. The number of carbonyl (C=O) groups is 2. The average Bonchev–Trinajstić information content (AvgIpc) is 2.96. The topological polar surface area (TPSA) is 76.1 Å². The third-order valence-electron chi connectivity index (χ3n) is 3.96. The van der Waals surface area contributed by atoms with Gasteiger partial charge in [-0.1, -0.05) is 0 Å². The van der Waals surface area contributed by atoms with Crippen molar-refractivity contribution in [2.45, 2.75) is 50.7 Å². The van der Waals surface area contributed by atoms with Gasteiger partial charge in [-0.15, -0.1) is 0 Å². The van der Waals surface area contributed by atoms with Crippen LogP contribution in [0, 0.1) is 0 Å². The zero-order valence-corrected chi connectivity index (χ0v) is 11.8. The summed E-state index contributed by atoms with van der Waals surface area (Å²) in [6, 6.07) is -0.00292. The first kappa shape index (κ1) is 15.3. The smallest absolute Gasteiger partial charge is 0.323 e. The van der Waals surface area contributed by atoms with Crippen LogP contribution in [0.3, 0.4) is 0 Å². The van der Waals surface area contributed by atoms with Crippen LogP contribution in [0.15, 0.2) is 0 Å². The van der Waals surface area contributed by atoms with Crippen molar-refractivity contribution in [3.63, 3.8) is 0 Å². The maximum Gasteiger partial charge on any atom is 0.323 e. The summed E-state index contributed by atoms with van der Waals surface area (Å²) >= 11 is 0. The van der Waals surface area contributed by atoms with Gasteiger partial charge in [0.25, 0.3) is 0 Å². The summed E-state index contributed by atoms with van der Waals surface area (Å²) in [7, 11) is 0. The van der Waals surface area contributed by atoms with Crippen molar-refractivity contribution >= 4 is 11.9 Å². The van der Waals surface area contributed by atoms with E-state index in [1.807, 2.05) is 0 Å². The van der Waals surface area contributed by atoms with Gasteiger partial charge in [0, 0.05) is 32.3 Å². The number of amides is 1. The number of hydrogen-bond acceptors (Lipinski definition) is 4. The summed E-state index contributed by atoms with van der Waals surface area (Å²) in [6.07, 6.45) is 4.73. The molecule has 0 radical (unpaired) electrons. The molecule has 2 aliphatic rings. The lowest BCUT2D eigenvalue weighted by molar-refractivity contribution is -0.148. The molecule has 0 aromatic rings. The predicted molar refractivity (Wildman–Crippen MR) is 71.4 cm³/mol. The Morgan fingerprint density at radius 1 is 1.15 bits per heavy atom. The Balaban J connectivity index is 1.86. The molecule has 2 saturated heterocycles. The molecule has 2 heterocycles. The minimum atomic E-state index is -0.957. The number of aliphatic carboxylic acids is 1. The highest BCUT2D eigenvalue weighted by Crippen LogP contribution is 2.20. The van der Waals surface area contributed by atoms with Crippen LogP contribution in [0.2, 0.25) is 0 Å². The second-order valence-corrected chi connectivity index (χ2v) is 5.43. The van der Waals surface area contributed by atoms with Crippen LogP contribution >= 0.6 is 0 Å². The summed E-state index contributed by atoms with van der Waals surface area (Å²) in [6.45, 7) is 1.76. The first-order valence-corrected chi connectivity index (χ1v) is 7.37. The fraction of sp³-hybridized carbons (Fsp3) is 0.857. The average molecular weight is 285 g/mol. The van der Waals surface area contributed by atoms with Crippen molar-refractivity contribution in [1.82, 2.24) is 4.90 Å². The van der Waals surface area contributed by atoms with E-state index >= 15 is 0 Å². The maximum absolute atomic E-state index is 12.3. The molecule has 1 amide bonds. The van der Waals surface area contributed by atoms with E-state index in [1.165, 1.54) is 4.90 Å². The van der Waals surface area contributed by atoms with Crippen molar-refractivity contribution in [2.24, 2.45) is 0 Å². The van der Waals surface area contributed by atoms with Crippen LogP contribution in [0.25, 0.3) is 0 Å². The van der Waals surface area contributed by atoms with Gasteiger partial charge in [-0.05, 0) is 32.1 Å². The number of carboxylic acids is 1. The van der Waals surface area contributed by atoms with E-state index in [1.54, 1.807) is 0 Å². The highest BCUT2D eigenvalue weighted by atomic mass is 16.5. The molecule has 2 aliphatic heterocycles. The number of rotatable bonds is 6. The van der Waals surface area contributed by atoms with Crippen molar-refractivity contribution < 1.29 is 24.2 Å². The summed E-state index contributed by atoms with van der Waals surface area (Å²) < 4.78 is 10.8. The fourth-order valence-electron chi connectivity index (χ4n) is 2.86. The molecular weight excluding hydrogens is 262 g/mol. The molecule has 6 nitrogen and oxygen atoms in total. The van der Waals surface area contributed by atoms with Gasteiger partial charge in [0.2, 0.25) is 5.91 Å². The molecule has 1 N–H and O–H groups in total. The third-order valence-corrected chi connectivity index (χ3v) is 3.96. The zero-order valence-electron chi connectivity index (χ0n) is 11.8. The maximum atomic E-state index is 12.3. The Kier molecular flexibility index (Phi) is 5.79. The van der Waals surface area contributed by atoms with Gasteiger partial charge in [-0.3, -0.25) is 9.59 Å². The molecule has 0 bridgehead atoms. The van der Waals surface area contributed by atoms with Crippen LogP contribution < -0.4 is 0 Å². The molecule has 2 rings (SSSR count). The molecule has 0 aromatic heterocycles. The lowest BCUT2D eigenvalue weighted by Gasteiger charge is -2.33. The Labute approximate surface area is 119 Å². The third kappa shape index (κ3) is 4.45. The lowest BCUT2D eigenvalue weighted by Crippen LogP contribution is -2.46. The highest BCUT2D eigenvalue weighted by Gasteiger charge is 2.28. The molecule has 114 valence electrons. The summed E-state index contributed by atoms with van der Waals surface area (Å²) in [4.78, 5) is 24.8. The second-order valence-electron chi connectivity index (χ2n) is 5.43. The zero-order chi connectivity index (χ0) is 14.4. The van der Waals surface area contributed by atoms with E-state index in [0.29, 0.717) is 26.1 Å². The van der Waals surface area contributed by atoms with Gasteiger partial charge in [-0.25, -0.2) is 0 Å². The molecule has 6 heteroatoms. The van der Waals surface area contributed by atoms with E-state index < -0.39 is 5.97 Å². The summed E-state index contributed by atoms with van der Waals surface area (Å²) in [5.41, 5.74) is 0. The standard InChI is InChI=1S/C14H23NO5/c16-13(4-3-12-2-1-7-20-12)15(10-14(17)18)11-5-8-19-9-6-11/h11-12H,1-10H2,(H,17,18)/t12-/m0/s1. The molecule has 2 fully saturated rings. The van der Waals surface area contributed by atoms with Gasteiger partial charge in [0.1, 0.15) is 6.54 Å². The molecule has 20 heavy (non-hydrogen) atoms. The summed E-state index contributed by atoms with van der Waals surface area (Å²) in [5.74, 6) is -1.03. The van der Waals surface area contributed by atoms with E-state index in [4.69, 9.17) is 14.6 Å². The van der Waals surface area contributed by atoms with Gasteiger partial charge in [0.05, 0.1) is 6.10 Å². The quantitative estimate of drug-likeness (QED) is 0.789. The molecule has 0 spiro atoms. The predicted octanol–water partition coefficient (Wildman–Crippen LogP) is 1.04. The minimum Gasteiger partial charge on any atom is -0.480 e. The van der Waals surface area contributed by atoms with Crippen molar-refractivity contribution in [2.75, 3.05) is 26.4 Å². The Morgan fingerprint density at radius 3 is 2.50 bits per heavy atom. The molecule has 0 aromatic carbocycles. The van der Waals surface area contributed by atoms with Gasteiger partial charge in [-0.2, -0.15) is 0 Å². The number of hydrogen-bond donors (Lipinski definition) is 1. The van der Waals surface area contributed by atoms with Crippen LogP contribution in [-0.2, 0) is 19.1 Å². The number of ether oxygens (including phenoxy) is 2. The van der Waals surface area contributed by atoms with Gasteiger partial charge < -0.3 is 19.5 Å².